The maximum atomic E-state index is 12.2. The Morgan fingerprint density at radius 2 is 1.74 bits per heavy atom. The second-order valence-electron chi connectivity index (χ2n) is 6.18. The van der Waals surface area contributed by atoms with Gasteiger partial charge in [0.1, 0.15) is 12.6 Å². The molecule has 27 heavy (non-hydrogen) atoms. The van der Waals surface area contributed by atoms with Gasteiger partial charge in [-0.3, -0.25) is 4.79 Å². The Kier molecular flexibility index (Phi) is 10.9. The van der Waals surface area contributed by atoms with Crippen LogP contribution in [0.3, 0.4) is 0 Å². The van der Waals surface area contributed by atoms with Crippen LogP contribution < -0.4 is 5.32 Å². The van der Waals surface area contributed by atoms with Crippen molar-refractivity contribution < 1.29 is 28.6 Å². The summed E-state index contributed by atoms with van der Waals surface area (Å²) >= 11 is 5.28. The number of rotatable bonds is 11. The van der Waals surface area contributed by atoms with Gasteiger partial charge in [-0.1, -0.05) is 55.8 Å². The second kappa shape index (κ2) is 13.0. The summed E-state index contributed by atoms with van der Waals surface area (Å²) in [6.45, 7) is 3.86. The summed E-state index contributed by atoms with van der Waals surface area (Å²) in [6, 6.07) is 8.26. The molecule has 0 spiro atoms. The monoisotopic (exact) mass is 399 g/mol. The van der Waals surface area contributed by atoms with Gasteiger partial charge in [0.25, 0.3) is 0 Å². The number of carbonyl (C=O) groups excluding carboxylic acids is 3. The minimum atomic E-state index is -0.811. The number of amides is 1. The quantitative estimate of drug-likeness (QED) is 0.265. The van der Waals surface area contributed by atoms with Crippen LogP contribution in [-0.4, -0.2) is 36.7 Å². The van der Waals surface area contributed by atoms with Crippen LogP contribution in [0.5, 0.6) is 0 Å². The first-order valence-electron chi connectivity index (χ1n) is 8.79. The van der Waals surface area contributed by atoms with E-state index in [1.165, 1.54) is 0 Å². The number of hydrogen-bond donors (Lipinski definition) is 1. The van der Waals surface area contributed by atoms with Gasteiger partial charge in [-0.25, -0.2) is 9.59 Å². The summed E-state index contributed by atoms with van der Waals surface area (Å²) in [4.78, 5) is 35.3. The van der Waals surface area contributed by atoms with Gasteiger partial charge in [0.15, 0.2) is 6.07 Å². The molecule has 1 rings (SSSR count). The van der Waals surface area contributed by atoms with E-state index in [9.17, 15) is 14.4 Å². The highest BCUT2D eigenvalue weighted by Gasteiger charge is 2.26. The normalized spacial score (nSPS) is 11.6. The molecule has 1 aromatic rings. The van der Waals surface area contributed by atoms with Crippen molar-refractivity contribution in [1.29, 1.82) is 0 Å². The van der Waals surface area contributed by atoms with Crippen molar-refractivity contribution in [3.05, 3.63) is 35.9 Å². The SMILES string of the molecule is CC(C)[C@H](NC(=O)OCc1ccccc1)C(=O)OCCCCC(=O)OCCl. The molecule has 8 heteroatoms. The number of hydrogen-bond acceptors (Lipinski definition) is 6. The number of alkyl carbamates (subject to hydrolysis) is 1. The number of halogens is 1. The van der Waals surface area contributed by atoms with E-state index < -0.39 is 18.1 Å². The topological polar surface area (TPSA) is 90.9 Å². The van der Waals surface area contributed by atoms with E-state index in [0.29, 0.717) is 12.8 Å². The minimum Gasteiger partial charge on any atom is -0.464 e. The van der Waals surface area contributed by atoms with Crippen LogP contribution in [0.1, 0.15) is 38.7 Å². The lowest BCUT2D eigenvalue weighted by Crippen LogP contribution is -2.45. The number of benzene rings is 1. The molecule has 0 aromatic heterocycles. The molecule has 0 bridgehead atoms. The third-order valence-corrected chi connectivity index (χ3v) is 3.75. The van der Waals surface area contributed by atoms with Crippen LogP contribution in [0, 0.1) is 5.92 Å². The first-order valence-corrected chi connectivity index (χ1v) is 9.33. The van der Waals surface area contributed by atoms with Gasteiger partial charge in [0, 0.05) is 6.42 Å². The van der Waals surface area contributed by atoms with Gasteiger partial charge in [-0.05, 0) is 24.3 Å². The molecule has 150 valence electrons. The van der Waals surface area contributed by atoms with Crippen molar-refractivity contribution in [3.63, 3.8) is 0 Å². The molecule has 1 amide bonds. The number of ether oxygens (including phenoxy) is 3. The van der Waals surface area contributed by atoms with E-state index in [1.54, 1.807) is 13.8 Å². The summed E-state index contributed by atoms with van der Waals surface area (Å²) in [5.74, 6) is -1.09. The molecule has 0 radical (unpaired) electrons. The Morgan fingerprint density at radius 3 is 2.37 bits per heavy atom. The zero-order valence-electron chi connectivity index (χ0n) is 15.6. The molecule has 1 atom stereocenters. The van der Waals surface area contributed by atoms with E-state index in [4.69, 9.17) is 21.1 Å². The Balaban J connectivity index is 2.33. The predicted molar refractivity (Wildman–Crippen MR) is 100 cm³/mol. The Morgan fingerprint density at radius 1 is 1.04 bits per heavy atom. The van der Waals surface area contributed by atoms with Gasteiger partial charge >= 0.3 is 18.0 Å². The van der Waals surface area contributed by atoms with E-state index >= 15 is 0 Å². The molecule has 1 N–H and O–H groups in total. The molecule has 0 saturated carbocycles. The van der Waals surface area contributed by atoms with Crippen molar-refractivity contribution >= 4 is 29.6 Å². The van der Waals surface area contributed by atoms with Crippen LogP contribution in [-0.2, 0) is 30.4 Å². The van der Waals surface area contributed by atoms with E-state index in [-0.39, 0.29) is 37.6 Å². The third kappa shape index (κ3) is 9.84. The molecular formula is C19H26ClNO6. The maximum absolute atomic E-state index is 12.2. The van der Waals surface area contributed by atoms with Gasteiger partial charge in [-0.2, -0.15) is 0 Å². The number of nitrogens with one attached hydrogen (secondary N) is 1. The maximum Gasteiger partial charge on any atom is 0.408 e. The molecule has 0 aliphatic heterocycles. The minimum absolute atomic E-state index is 0.116. The molecule has 1 aromatic carbocycles. The van der Waals surface area contributed by atoms with Gasteiger partial charge in [-0.15, -0.1) is 0 Å². The highest BCUT2D eigenvalue weighted by Crippen LogP contribution is 2.07. The predicted octanol–water partition coefficient (Wildman–Crippen LogP) is 3.39. The Bertz CT molecular complexity index is 593. The lowest BCUT2D eigenvalue weighted by atomic mass is 10.1. The van der Waals surface area contributed by atoms with E-state index in [2.05, 4.69) is 10.1 Å². The fraction of sp³-hybridized carbons (Fsp3) is 0.526. The molecule has 0 saturated heterocycles. The highest BCUT2D eigenvalue weighted by atomic mass is 35.5. The largest absolute Gasteiger partial charge is 0.464 e. The molecule has 0 heterocycles. The fourth-order valence-corrected chi connectivity index (χ4v) is 2.28. The lowest BCUT2D eigenvalue weighted by molar-refractivity contribution is -0.147. The van der Waals surface area contributed by atoms with Crippen molar-refractivity contribution in [2.24, 2.45) is 5.92 Å². The lowest BCUT2D eigenvalue weighted by Gasteiger charge is -2.20. The van der Waals surface area contributed by atoms with Crippen LogP contribution in [0.4, 0.5) is 4.79 Å². The smallest absolute Gasteiger partial charge is 0.408 e. The first kappa shape index (κ1) is 22.8. The number of esters is 2. The number of carbonyl (C=O) groups is 3. The highest BCUT2D eigenvalue weighted by molar-refractivity contribution is 6.17. The molecule has 0 unspecified atom stereocenters. The van der Waals surface area contributed by atoms with E-state index in [1.807, 2.05) is 30.3 Å². The summed E-state index contributed by atoms with van der Waals surface area (Å²) in [5.41, 5.74) is 0.851. The molecule has 0 aliphatic carbocycles. The molecule has 0 aliphatic rings. The summed E-state index contributed by atoms with van der Waals surface area (Å²) in [7, 11) is 0. The first-order chi connectivity index (χ1) is 12.9. The van der Waals surface area contributed by atoms with Crippen molar-refractivity contribution in [2.45, 2.75) is 45.8 Å². The van der Waals surface area contributed by atoms with Crippen molar-refractivity contribution in [1.82, 2.24) is 5.32 Å². The van der Waals surface area contributed by atoms with Gasteiger partial charge < -0.3 is 19.5 Å². The van der Waals surface area contributed by atoms with Crippen LogP contribution in [0.25, 0.3) is 0 Å². The summed E-state index contributed by atoms with van der Waals surface area (Å²) in [6.07, 6.45) is 0.550. The standard InChI is InChI=1S/C19H26ClNO6/c1-14(2)17(18(23)25-11-7-6-10-16(22)27-13-20)21-19(24)26-12-15-8-4-3-5-9-15/h3-5,8-9,14,17H,6-7,10-13H2,1-2H3,(H,21,24)/t17-/m0/s1. The molecule has 0 fully saturated rings. The number of unbranched alkanes of at least 4 members (excludes halogenated alkanes) is 1. The van der Waals surface area contributed by atoms with Crippen LogP contribution in [0.2, 0.25) is 0 Å². The zero-order valence-corrected chi connectivity index (χ0v) is 16.4. The number of alkyl halides is 1. The summed E-state index contributed by atoms with van der Waals surface area (Å²) in [5, 5.41) is 2.54. The van der Waals surface area contributed by atoms with Gasteiger partial charge in [0.2, 0.25) is 0 Å². The average Bonchev–Trinajstić information content (AvgIpc) is 2.64. The molecule has 7 nitrogen and oxygen atoms in total. The van der Waals surface area contributed by atoms with Crippen molar-refractivity contribution in [3.8, 4) is 0 Å². The van der Waals surface area contributed by atoms with Crippen LogP contribution in [0.15, 0.2) is 30.3 Å². The fourth-order valence-electron chi connectivity index (χ4n) is 2.16. The zero-order chi connectivity index (χ0) is 20.1. The summed E-state index contributed by atoms with van der Waals surface area (Å²) < 4.78 is 14.9. The third-order valence-electron chi connectivity index (χ3n) is 3.64. The average molecular weight is 400 g/mol. The molecular weight excluding hydrogens is 374 g/mol. The van der Waals surface area contributed by atoms with E-state index in [0.717, 1.165) is 5.56 Å². The van der Waals surface area contributed by atoms with Gasteiger partial charge in [0.05, 0.1) is 6.61 Å². The van der Waals surface area contributed by atoms with Crippen LogP contribution >= 0.6 is 11.6 Å². The Labute approximate surface area is 164 Å². The second-order valence-corrected chi connectivity index (χ2v) is 6.40. The van der Waals surface area contributed by atoms with Crippen molar-refractivity contribution in [2.75, 3.05) is 12.7 Å². The Hall–Kier alpha value is -2.28.